The standard InChI is InChI=1S/C18H22FN3O3.C18H26FN3O3/c1-18(2,3)25-17(24)22-9-5-6-12(11-22)16(23)21-15-10-13(20-4)7-8-14(15)19;1-18(2,3)25-17(24)22-8-4-5-13(11-22)16(23)21-15-9-12(10-20)6-7-14(15)19/h7-8,10,12H,5-6,9,11H2,1-3H3,(H,21,23);6-7,9,13H,4-5,8,10-11,20H2,1-3H3,(H,21,23). The van der Waals surface area contributed by atoms with E-state index >= 15 is 0 Å². The van der Waals surface area contributed by atoms with Crippen LogP contribution in [0.5, 0.6) is 0 Å². The topological polar surface area (TPSA) is 148 Å². The van der Waals surface area contributed by atoms with Gasteiger partial charge in [-0.2, -0.15) is 0 Å². The lowest BCUT2D eigenvalue weighted by molar-refractivity contribution is -0.122. The summed E-state index contributed by atoms with van der Waals surface area (Å²) in [7, 11) is 0. The molecule has 4 amide bonds. The normalized spacial score (nSPS) is 17.8. The second kappa shape index (κ2) is 17.2. The molecule has 272 valence electrons. The van der Waals surface area contributed by atoms with Gasteiger partial charge in [0.05, 0.1) is 29.8 Å². The lowest BCUT2D eigenvalue weighted by atomic mass is 9.97. The number of amides is 4. The first kappa shape index (κ1) is 39.7. The molecule has 2 fully saturated rings. The average molecular weight is 699 g/mol. The van der Waals surface area contributed by atoms with Crippen LogP contribution in [-0.4, -0.2) is 71.2 Å². The Morgan fingerprint density at radius 2 is 1.24 bits per heavy atom. The molecule has 2 aliphatic heterocycles. The van der Waals surface area contributed by atoms with Gasteiger partial charge in [-0.05, 0) is 97.1 Å². The summed E-state index contributed by atoms with van der Waals surface area (Å²) in [6.45, 7) is 19.5. The molecule has 2 aliphatic rings. The van der Waals surface area contributed by atoms with Crippen molar-refractivity contribution >= 4 is 41.1 Å². The molecule has 12 nitrogen and oxygen atoms in total. The zero-order chi connectivity index (χ0) is 37.2. The maximum absolute atomic E-state index is 13.9. The molecule has 14 heteroatoms. The smallest absolute Gasteiger partial charge is 0.410 e. The highest BCUT2D eigenvalue weighted by Gasteiger charge is 2.33. The third kappa shape index (κ3) is 12.3. The van der Waals surface area contributed by atoms with Crippen molar-refractivity contribution in [2.75, 3.05) is 36.8 Å². The summed E-state index contributed by atoms with van der Waals surface area (Å²) < 4.78 is 38.4. The molecular weight excluding hydrogens is 650 g/mol. The number of carbonyl (C=O) groups is 4. The van der Waals surface area contributed by atoms with E-state index < -0.39 is 46.9 Å². The number of piperidine rings is 2. The summed E-state index contributed by atoms with van der Waals surface area (Å²) in [6.07, 6.45) is 1.73. The lowest BCUT2D eigenvalue weighted by Crippen LogP contribution is -2.45. The van der Waals surface area contributed by atoms with E-state index in [0.717, 1.165) is 11.6 Å². The van der Waals surface area contributed by atoms with Gasteiger partial charge in [-0.3, -0.25) is 9.59 Å². The monoisotopic (exact) mass is 698 g/mol. The number of halogens is 2. The minimum Gasteiger partial charge on any atom is -0.444 e. The number of nitrogens with zero attached hydrogens (tertiary/aromatic N) is 3. The number of anilines is 2. The maximum Gasteiger partial charge on any atom is 0.410 e. The second-order valence-corrected chi connectivity index (χ2v) is 14.3. The van der Waals surface area contributed by atoms with E-state index in [2.05, 4.69) is 15.5 Å². The highest BCUT2D eigenvalue weighted by Crippen LogP contribution is 2.26. The molecule has 2 aromatic carbocycles. The van der Waals surface area contributed by atoms with Gasteiger partial charge >= 0.3 is 12.2 Å². The van der Waals surface area contributed by atoms with E-state index in [-0.39, 0.29) is 48.5 Å². The van der Waals surface area contributed by atoms with Crippen LogP contribution < -0.4 is 16.4 Å². The number of carbonyl (C=O) groups excluding carboxylic acids is 4. The average Bonchev–Trinajstić information content (AvgIpc) is 3.05. The van der Waals surface area contributed by atoms with Crippen LogP contribution in [0.3, 0.4) is 0 Å². The van der Waals surface area contributed by atoms with Gasteiger partial charge in [0.15, 0.2) is 5.69 Å². The Balaban J connectivity index is 0.000000270. The van der Waals surface area contributed by atoms with E-state index in [1.165, 1.54) is 34.1 Å². The van der Waals surface area contributed by atoms with Crippen molar-refractivity contribution in [2.24, 2.45) is 17.6 Å². The van der Waals surface area contributed by atoms with Crippen molar-refractivity contribution in [1.29, 1.82) is 0 Å². The molecule has 0 bridgehead atoms. The van der Waals surface area contributed by atoms with Gasteiger partial charge in [-0.15, -0.1) is 0 Å². The molecule has 2 aromatic rings. The van der Waals surface area contributed by atoms with Gasteiger partial charge in [-0.25, -0.2) is 23.2 Å². The number of hydrogen-bond acceptors (Lipinski definition) is 7. The summed E-state index contributed by atoms with van der Waals surface area (Å²) in [4.78, 5) is 55.5. The van der Waals surface area contributed by atoms with E-state index in [4.69, 9.17) is 21.8 Å². The fraction of sp³-hybridized carbons (Fsp3) is 0.528. The van der Waals surface area contributed by atoms with E-state index in [9.17, 15) is 28.0 Å². The third-order valence-corrected chi connectivity index (χ3v) is 7.75. The molecule has 2 atom stereocenters. The summed E-state index contributed by atoms with van der Waals surface area (Å²) in [5.41, 5.74) is 5.44. The van der Waals surface area contributed by atoms with Crippen molar-refractivity contribution in [1.82, 2.24) is 9.80 Å². The van der Waals surface area contributed by atoms with Crippen LogP contribution in [0.4, 0.5) is 35.4 Å². The molecule has 0 radical (unpaired) electrons. The van der Waals surface area contributed by atoms with Gasteiger partial charge in [0.2, 0.25) is 11.8 Å². The highest BCUT2D eigenvalue weighted by molar-refractivity contribution is 5.94. The maximum atomic E-state index is 13.9. The number of benzene rings is 2. The first-order valence-corrected chi connectivity index (χ1v) is 16.6. The van der Waals surface area contributed by atoms with Crippen LogP contribution in [-0.2, 0) is 25.6 Å². The van der Waals surface area contributed by atoms with Crippen LogP contribution in [0.1, 0.15) is 72.8 Å². The molecule has 2 unspecified atom stereocenters. The number of ether oxygens (including phenoxy) is 2. The van der Waals surface area contributed by atoms with Crippen molar-refractivity contribution in [3.05, 3.63) is 65.0 Å². The molecular formula is C36H48F2N6O6. The number of rotatable bonds is 5. The van der Waals surface area contributed by atoms with E-state index in [1.54, 1.807) is 47.6 Å². The Kier molecular flexibility index (Phi) is 13.7. The van der Waals surface area contributed by atoms with Crippen molar-refractivity contribution < 1.29 is 37.4 Å². The minimum atomic E-state index is -0.602. The predicted molar refractivity (Wildman–Crippen MR) is 185 cm³/mol. The fourth-order valence-electron chi connectivity index (χ4n) is 5.31. The molecule has 2 heterocycles. The van der Waals surface area contributed by atoms with E-state index in [1.807, 2.05) is 0 Å². The molecule has 0 spiro atoms. The summed E-state index contributed by atoms with van der Waals surface area (Å²) in [6, 6.07) is 8.19. The predicted octanol–water partition coefficient (Wildman–Crippen LogP) is 6.83. The molecule has 0 aliphatic carbocycles. The number of nitrogens with two attached hydrogens (primary N) is 1. The molecule has 50 heavy (non-hydrogen) atoms. The number of hydrogen-bond donors (Lipinski definition) is 3. The largest absolute Gasteiger partial charge is 0.444 e. The molecule has 0 aromatic heterocycles. The molecule has 4 rings (SSSR count). The highest BCUT2D eigenvalue weighted by atomic mass is 19.1. The SMILES string of the molecule is CC(C)(C)OC(=O)N1CCCC(C(=O)Nc2cc(CN)ccc2F)C1.[C-]#[N+]c1ccc(F)c(NC(=O)C2CCCN(C(=O)OC(C)(C)C)C2)c1. The van der Waals surface area contributed by atoms with Crippen LogP contribution in [0.2, 0.25) is 0 Å². The molecule has 0 saturated carbocycles. The summed E-state index contributed by atoms with van der Waals surface area (Å²) in [5, 5.41) is 5.14. The first-order valence-electron chi connectivity index (χ1n) is 16.6. The fourth-order valence-corrected chi connectivity index (χ4v) is 5.31. The van der Waals surface area contributed by atoms with Gasteiger partial charge in [0.1, 0.15) is 22.8 Å². The van der Waals surface area contributed by atoms with Crippen LogP contribution >= 0.6 is 0 Å². The van der Waals surface area contributed by atoms with E-state index in [0.29, 0.717) is 38.8 Å². The zero-order valence-electron chi connectivity index (χ0n) is 29.6. The van der Waals surface area contributed by atoms with Crippen molar-refractivity contribution in [3.8, 4) is 0 Å². The first-order chi connectivity index (χ1) is 23.4. The second-order valence-electron chi connectivity index (χ2n) is 14.3. The van der Waals surface area contributed by atoms with Gasteiger partial charge in [-0.1, -0.05) is 12.1 Å². The Hall–Kier alpha value is -4.77. The summed E-state index contributed by atoms with van der Waals surface area (Å²) in [5.74, 6) is -2.62. The lowest BCUT2D eigenvalue weighted by Gasteiger charge is -2.33. The Bertz CT molecular complexity index is 1580. The third-order valence-electron chi connectivity index (χ3n) is 7.75. The summed E-state index contributed by atoms with van der Waals surface area (Å²) >= 11 is 0. The number of likely N-dealkylation sites (tertiary alicyclic amines) is 2. The van der Waals surface area contributed by atoms with Crippen LogP contribution in [0.15, 0.2) is 36.4 Å². The van der Waals surface area contributed by atoms with Crippen LogP contribution in [0, 0.1) is 30.0 Å². The van der Waals surface area contributed by atoms with Gasteiger partial charge < -0.3 is 35.6 Å². The minimum absolute atomic E-state index is 0.0205. The zero-order valence-corrected chi connectivity index (χ0v) is 29.6. The van der Waals surface area contributed by atoms with Crippen molar-refractivity contribution in [3.63, 3.8) is 0 Å². The Morgan fingerprint density at radius 3 is 1.66 bits per heavy atom. The Morgan fingerprint density at radius 1 is 0.800 bits per heavy atom. The molecule has 4 N–H and O–H groups in total. The Labute approximate surface area is 292 Å². The van der Waals surface area contributed by atoms with Gasteiger partial charge in [0, 0.05) is 32.7 Å². The van der Waals surface area contributed by atoms with Crippen molar-refractivity contribution in [2.45, 2.75) is 85.0 Å². The number of nitrogens with one attached hydrogen (secondary N) is 2. The van der Waals surface area contributed by atoms with Crippen LogP contribution in [0.25, 0.3) is 4.85 Å². The molecule has 2 saturated heterocycles. The van der Waals surface area contributed by atoms with Gasteiger partial charge in [0.25, 0.3) is 0 Å². The quantitative estimate of drug-likeness (QED) is 0.290.